The van der Waals surface area contributed by atoms with Gasteiger partial charge in [-0.2, -0.15) is 0 Å². The molecule has 2 rings (SSSR count). The number of halogens is 2. The van der Waals surface area contributed by atoms with Crippen molar-refractivity contribution in [2.24, 2.45) is 11.8 Å². The molecule has 0 spiro atoms. The Morgan fingerprint density at radius 3 is 2.12 bits per heavy atom. The highest BCUT2D eigenvalue weighted by atomic mass is 19.1. The molecule has 24 heavy (non-hydrogen) atoms. The summed E-state index contributed by atoms with van der Waals surface area (Å²) in [5, 5.41) is 0. The molecule has 0 heterocycles. The Kier molecular flexibility index (Phi) is 9.09. The highest BCUT2D eigenvalue weighted by Crippen LogP contribution is 2.34. The van der Waals surface area contributed by atoms with Crippen LogP contribution in [0, 0.1) is 17.7 Å². The molecule has 0 radical (unpaired) electrons. The van der Waals surface area contributed by atoms with Gasteiger partial charge in [-0.3, -0.25) is 0 Å². The number of hydrogen-bond donors (Lipinski definition) is 0. The van der Waals surface area contributed by atoms with Crippen molar-refractivity contribution >= 4 is 0 Å². The van der Waals surface area contributed by atoms with Crippen LogP contribution in [0.1, 0.15) is 76.2 Å². The minimum atomic E-state index is -0.141. The van der Waals surface area contributed by atoms with Crippen molar-refractivity contribution in [1.29, 1.82) is 0 Å². The summed E-state index contributed by atoms with van der Waals surface area (Å²) in [6.07, 6.45) is 17.4. The maximum absolute atomic E-state index is 12.9. The highest BCUT2D eigenvalue weighted by Gasteiger charge is 2.20. The lowest BCUT2D eigenvalue weighted by molar-refractivity contribution is 0.249. The van der Waals surface area contributed by atoms with Crippen LogP contribution in [0.25, 0.3) is 0 Å². The SMILES string of the molecule is FC=CCCCCCC[C@H]1CC[C@H](CCc2ccc(F)cc2)CC1. The Bertz CT molecular complexity index is 455. The predicted molar refractivity (Wildman–Crippen MR) is 98.1 cm³/mol. The number of hydrogen-bond acceptors (Lipinski definition) is 0. The molecule has 1 aromatic carbocycles. The first kappa shape index (κ1) is 19.1. The molecule has 134 valence electrons. The van der Waals surface area contributed by atoms with Gasteiger partial charge < -0.3 is 0 Å². The van der Waals surface area contributed by atoms with Crippen molar-refractivity contribution in [2.75, 3.05) is 0 Å². The normalized spacial score (nSPS) is 21.4. The van der Waals surface area contributed by atoms with Crippen molar-refractivity contribution in [1.82, 2.24) is 0 Å². The van der Waals surface area contributed by atoms with Gasteiger partial charge in [0.25, 0.3) is 0 Å². The van der Waals surface area contributed by atoms with Gasteiger partial charge >= 0.3 is 0 Å². The molecule has 0 saturated heterocycles. The number of unbranched alkanes of at least 4 members (excludes halogenated alkanes) is 4. The molecule has 0 nitrogen and oxygen atoms in total. The fourth-order valence-corrected chi connectivity index (χ4v) is 3.94. The molecule has 1 fully saturated rings. The lowest BCUT2D eigenvalue weighted by Gasteiger charge is -2.28. The van der Waals surface area contributed by atoms with Crippen molar-refractivity contribution < 1.29 is 8.78 Å². The van der Waals surface area contributed by atoms with Gasteiger partial charge in [-0.05, 0) is 55.2 Å². The van der Waals surface area contributed by atoms with Crippen LogP contribution < -0.4 is 0 Å². The third kappa shape index (κ3) is 7.59. The van der Waals surface area contributed by atoms with Gasteiger partial charge in [0.05, 0.1) is 6.33 Å². The molecule has 0 amide bonds. The molecule has 1 aliphatic rings. The molecule has 1 saturated carbocycles. The van der Waals surface area contributed by atoms with E-state index in [4.69, 9.17) is 0 Å². The fourth-order valence-electron chi connectivity index (χ4n) is 3.94. The van der Waals surface area contributed by atoms with Crippen LogP contribution in [0.15, 0.2) is 36.7 Å². The molecule has 0 bridgehead atoms. The molecule has 0 aromatic heterocycles. The third-order valence-electron chi connectivity index (χ3n) is 5.54. The predicted octanol–water partition coefficient (Wildman–Crippen LogP) is 7.39. The van der Waals surface area contributed by atoms with E-state index in [1.807, 2.05) is 12.1 Å². The van der Waals surface area contributed by atoms with Crippen LogP contribution in [-0.2, 0) is 6.42 Å². The van der Waals surface area contributed by atoms with E-state index in [0.717, 1.165) is 31.1 Å². The van der Waals surface area contributed by atoms with Gasteiger partial charge in [0.1, 0.15) is 5.82 Å². The van der Waals surface area contributed by atoms with Gasteiger partial charge in [-0.25, -0.2) is 8.78 Å². The van der Waals surface area contributed by atoms with Gasteiger partial charge in [0.2, 0.25) is 0 Å². The van der Waals surface area contributed by atoms with E-state index in [0.29, 0.717) is 6.33 Å². The van der Waals surface area contributed by atoms with Crippen LogP contribution in [0.4, 0.5) is 8.78 Å². The van der Waals surface area contributed by atoms with Crippen molar-refractivity contribution in [2.45, 2.75) is 77.0 Å². The molecule has 0 atom stereocenters. The van der Waals surface area contributed by atoms with E-state index in [9.17, 15) is 8.78 Å². The van der Waals surface area contributed by atoms with E-state index in [1.165, 1.54) is 63.4 Å². The summed E-state index contributed by atoms with van der Waals surface area (Å²) in [5.74, 6) is 1.65. The molecule has 0 aliphatic heterocycles. The first-order chi connectivity index (χ1) is 11.8. The highest BCUT2D eigenvalue weighted by molar-refractivity contribution is 5.16. The van der Waals surface area contributed by atoms with E-state index in [1.54, 1.807) is 18.2 Å². The van der Waals surface area contributed by atoms with Crippen LogP contribution in [0.3, 0.4) is 0 Å². The smallest absolute Gasteiger partial charge is 0.123 e. The number of benzene rings is 1. The second-order valence-electron chi connectivity index (χ2n) is 7.41. The minimum Gasteiger partial charge on any atom is -0.216 e. The van der Waals surface area contributed by atoms with Crippen LogP contribution >= 0.6 is 0 Å². The van der Waals surface area contributed by atoms with E-state index >= 15 is 0 Å². The maximum atomic E-state index is 12.9. The Labute approximate surface area is 146 Å². The summed E-state index contributed by atoms with van der Waals surface area (Å²) in [5.41, 5.74) is 1.26. The lowest BCUT2D eigenvalue weighted by Crippen LogP contribution is -2.15. The van der Waals surface area contributed by atoms with Gasteiger partial charge in [-0.15, -0.1) is 0 Å². The Hall–Kier alpha value is -1.18. The average molecular weight is 334 g/mol. The second-order valence-corrected chi connectivity index (χ2v) is 7.41. The van der Waals surface area contributed by atoms with Gasteiger partial charge in [-0.1, -0.05) is 69.6 Å². The van der Waals surface area contributed by atoms with Crippen LogP contribution in [0.5, 0.6) is 0 Å². The van der Waals surface area contributed by atoms with Crippen molar-refractivity contribution in [3.8, 4) is 0 Å². The molecule has 0 unspecified atom stereocenters. The molecular formula is C22H32F2. The summed E-state index contributed by atoms with van der Waals surface area (Å²) in [6, 6.07) is 6.98. The standard InChI is InChI=1S/C22H32F2/c23-18-6-4-2-1-3-5-7-19-8-10-20(11-9-19)12-13-21-14-16-22(24)17-15-21/h6,14-20H,1-5,7-13H2/t19-,20-. The maximum Gasteiger partial charge on any atom is 0.123 e. The van der Waals surface area contributed by atoms with Crippen molar-refractivity contribution in [3.63, 3.8) is 0 Å². The number of allylic oxidation sites excluding steroid dienone is 1. The van der Waals surface area contributed by atoms with Gasteiger partial charge in [0.15, 0.2) is 0 Å². The number of aryl methyl sites for hydroxylation is 1. The minimum absolute atomic E-state index is 0.141. The number of rotatable bonds is 10. The summed E-state index contributed by atoms with van der Waals surface area (Å²) in [7, 11) is 0. The lowest BCUT2D eigenvalue weighted by atomic mass is 9.78. The van der Waals surface area contributed by atoms with Crippen LogP contribution in [-0.4, -0.2) is 0 Å². The molecule has 0 N–H and O–H groups in total. The zero-order valence-electron chi connectivity index (χ0n) is 14.9. The molecule has 2 heteroatoms. The quantitative estimate of drug-likeness (QED) is 0.391. The zero-order chi connectivity index (χ0) is 17.0. The first-order valence-electron chi connectivity index (χ1n) is 9.77. The van der Waals surface area contributed by atoms with E-state index < -0.39 is 0 Å². The summed E-state index contributed by atoms with van der Waals surface area (Å²) < 4.78 is 24.7. The summed E-state index contributed by atoms with van der Waals surface area (Å²) in [6.45, 7) is 0. The Balaban J connectivity index is 1.51. The molecule has 1 aromatic rings. The largest absolute Gasteiger partial charge is 0.216 e. The Morgan fingerprint density at radius 1 is 0.833 bits per heavy atom. The summed E-state index contributed by atoms with van der Waals surface area (Å²) in [4.78, 5) is 0. The first-order valence-corrected chi connectivity index (χ1v) is 9.77. The Morgan fingerprint density at radius 2 is 1.46 bits per heavy atom. The average Bonchev–Trinajstić information content (AvgIpc) is 2.61. The topological polar surface area (TPSA) is 0 Å². The molecular weight excluding hydrogens is 302 g/mol. The van der Waals surface area contributed by atoms with E-state index in [2.05, 4.69) is 0 Å². The van der Waals surface area contributed by atoms with Crippen LogP contribution in [0.2, 0.25) is 0 Å². The monoisotopic (exact) mass is 334 g/mol. The van der Waals surface area contributed by atoms with Gasteiger partial charge in [0, 0.05) is 0 Å². The second kappa shape index (κ2) is 11.4. The summed E-state index contributed by atoms with van der Waals surface area (Å²) >= 11 is 0. The molecule has 1 aliphatic carbocycles. The zero-order valence-corrected chi connectivity index (χ0v) is 14.9. The fraction of sp³-hybridized carbons (Fsp3) is 0.636. The third-order valence-corrected chi connectivity index (χ3v) is 5.54. The van der Waals surface area contributed by atoms with E-state index in [-0.39, 0.29) is 5.82 Å². The van der Waals surface area contributed by atoms with Crippen molar-refractivity contribution in [3.05, 3.63) is 48.1 Å².